The Balaban J connectivity index is 1.59. The molecule has 0 fully saturated rings. The van der Waals surface area contributed by atoms with Gasteiger partial charge in [0.15, 0.2) is 0 Å². The fraction of sp³-hybridized carbons (Fsp3) is 0.148. The molecule has 168 valence electrons. The number of carbonyl (C=O) groups is 2. The maximum Gasteiger partial charge on any atom is 0.338 e. The molecule has 1 atom stereocenters. The minimum Gasteiger partial charge on any atom is -0.457 e. The lowest BCUT2D eigenvalue weighted by atomic mass is 9.98. The summed E-state index contributed by atoms with van der Waals surface area (Å²) in [5.41, 5.74) is 8.38. The van der Waals surface area contributed by atoms with Crippen LogP contribution in [0.15, 0.2) is 103 Å². The maximum absolute atomic E-state index is 12.8. The van der Waals surface area contributed by atoms with Crippen molar-refractivity contribution < 1.29 is 14.3 Å². The number of aromatic nitrogens is 1. The molecular weight excluding hydrogens is 414 g/mol. The zero-order valence-corrected chi connectivity index (χ0v) is 18.5. The van der Waals surface area contributed by atoms with Gasteiger partial charge in [0.2, 0.25) is 5.91 Å². The summed E-state index contributed by atoms with van der Waals surface area (Å²) in [6.45, 7) is 6.09. The molecule has 1 heterocycles. The number of pyridine rings is 1. The maximum atomic E-state index is 12.8. The first-order chi connectivity index (χ1) is 16.0. The zero-order chi connectivity index (χ0) is 23.6. The number of carbonyl (C=O) groups excluding carboxylic acids is 2. The standard InChI is InChI=1S/C27H27N3O3/c1-3-20(18-33-27(32)21-7-5-4-6-8-21)10-9-19(2)25(16-28)26(31)30-24-12-11-23-17-29-14-13-22(23)15-24/h3-15,17,25H,2,16,18,28H2,1H3,(H,30,31)/b10-9-,20-3+. The number of benzene rings is 2. The Morgan fingerprint density at radius 2 is 1.91 bits per heavy atom. The molecule has 1 aromatic heterocycles. The van der Waals surface area contributed by atoms with E-state index < -0.39 is 11.9 Å². The third-order valence-corrected chi connectivity index (χ3v) is 5.17. The second kappa shape index (κ2) is 11.5. The lowest BCUT2D eigenvalue weighted by Gasteiger charge is -2.16. The van der Waals surface area contributed by atoms with Crippen LogP contribution in [0, 0.1) is 5.92 Å². The van der Waals surface area contributed by atoms with Gasteiger partial charge in [-0.3, -0.25) is 9.78 Å². The van der Waals surface area contributed by atoms with Gasteiger partial charge in [-0.15, -0.1) is 0 Å². The molecule has 0 radical (unpaired) electrons. The van der Waals surface area contributed by atoms with Crippen molar-refractivity contribution in [3.63, 3.8) is 0 Å². The number of nitrogens with two attached hydrogens (primary N) is 1. The number of anilines is 1. The van der Waals surface area contributed by atoms with Crippen LogP contribution in [0.25, 0.3) is 10.8 Å². The number of hydrogen-bond acceptors (Lipinski definition) is 5. The smallest absolute Gasteiger partial charge is 0.338 e. The largest absolute Gasteiger partial charge is 0.457 e. The molecule has 33 heavy (non-hydrogen) atoms. The molecule has 2 aromatic carbocycles. The van der Waals surface area contributed by atoms with Gasteiger partial charge >= 0.3 is 5.97 Å². The van der Waals surface area contributed by atoms with E-state index in [0.29, 0.717) is 16.8 Å². The highest BCUT2D eigenvalue weighted by molar-refractivity contribution is 5.97. The van der Waals surface area contributed by atoms with Crippen LogP contribution in [0.4, 0.5) is 5.69 Å². The third kappa shape index (κ3) is 6.48. The van der Waals surface area contributed by atoms with Gasteiger partial charge in [-0.2, -0.15) is 0 Å². The first-order valence-electron chi connectivity index (χ1n) is 10.6. The summed E-state index contributed by atoms with van der Waals surface area (Å²) >= 11 is 0. The van der Waals surface area contributed by atoms with Gasteiger partial charge in [0, 0.05) is 30.0 Å². The van der Waals surface area contributed by atoms with Crippen LogP contribution >= 0.6 is 0 Å². The number of rotatable bonds is 9. The number of allylic oxidation sites excluding steroid dienone is 2. The summed E-state index contributed by atoms with van der Waals surface area (Å²) in [6.07, 6.45) is 8.82. The van der Waals surface area contributed by atoms with Gasteiger partial charge in [0.25, 0.3) is 0 Å². The van der Waals surface area contributed by atoms with E-state index in [9.17, 15) is 9.59 Å². The molecule has 0 bridgehead atoms. The van der Waals surface area contributed by atoms with Crippen molar-refractivity contribution in [1.82, 2.24) is 4.98 Å². The molecule has 0 aliphatic heterocycles. The van der Waals surface area contributed by atoms with E-state index in [1.165, 1.54) is 0 Å². The summed E-state index contributed by atoms with van der Waals surface area (Å²) in [6, 6.07) is 16.3. The molecule has 0 aliphatic rings. The Hall–Kier alpha value is -4.03. The highest BCUT2D eigenvalue weighted by Crippen LogP contribution is 2.20. The normalized spacial score (nSPS) is 12.5. The summed E-state index contributed by atoms with van der Waals surface area (Å²) in [5, 5.41) is 4.88. The molecule has 1 amide bonds. The molecular formula is C27H27N3O3. The van der Waals surface area contributed by atoms with Crippen molar-refractivity contribution in [1.29, 1.82) is 0 Å². The fourth-order valence-corrected chi connectivity index (χ4v) is 3.18. The molecule has 0 spiro atoms. The number of esters is 1. The molecule has 0 saturated carbocycles. The molecule has 3 rings (SSSR count). The molecule has 3 N–H and O–H groups in total. The van der Waals surface area contributed by atoms with Gasteiger partial charge in [-0.25, -0.2) is 4.79 Å². The van der Waals surface area contributed by atoms with E-state index in [4.69, 9.17) is 10.5 Å². The minimum atomic E-state index is -0.598. The van der Waals surface area contributed by atoms with E-state index in [0.717, 1.165) is 16.3 Å². The van der Waals surface area contributed by atoms with Crippen molar-refractivity contribution in [2.45, 2.75) is 6.92 Å². The number of hydrogen-bond donors (Lipinski definition) is 2. The van der Waals surface area contributed by atoms with Crippen LogP contribution in [-0.2, 0) is 9.53 Å². The summed E-state index contributed by atoms with van der Waals surface area (Å²) in [7, 11) is 0. The quantitative estimate of drug-likeness (QED) is 0.372. The van der Waals surface area contributed by atoms with Crippen molar-refractivity contribution in [3.05, 3.63) is 109 Å². The summed E-state index contributed by atoms with van der Waals surface area (Å²) in [5.74, 6) is -1.23. The lowest BCUT2D eigenvalue weighted by Crippen LogP contribution is -2.30. The van der Waals surface area contributed by atoms with Gasteiger partial charge in [-0.05, 0) is 53.8 Å². The number of nitrogens with zero attached hydrogens (tertiary/aromatic N) is 1. The van der Waals surface area contributed by atoms with Crippen LogP contribution in [0.1, 0.15) is 17.3 Å². The number of fused-ring (bicyclic) bond motifs is 1. The Bertz CT molecular complexity index is 1200. The number of nitrogens with one attached hydrogen (secondary N) is 1. The van der Waals surface area contributed by atoms with Gasteiger partial charge in [0.05, 0.1) is 11.5 Å². The highest BCUT2D eigenvalue weighted by atomic mass is 16.5. The number of ether oxygens (including phenoxy) is 1. The molecule has 1 unspecified atom stereocenters. The number of amides is 1. The minimum absolute atomic E-state index is 0.111. The molecule has 0 saturated heterocycles. The predicted molar refractivity (Wildman–Crippen MR) is 132 cm³/mol. The van der Waals surface area contributed by atoms with E-state index in [1.807, 2.05) is 43.3 Å². The second-order valence-corrected chi connectivity index (χ2v) is 7.43. The second-order valence-electron chi connectivity index (χ2n) is 7.43. The predicted octanol–water partition coefficient (Wildman–Crippen LogP) is 4.66. The first-order valence-corrected chi connectivity index (χ1v) is 10.6. The highest BCUT2D eigenvalue weighted by Gasteiger charge is 2.19. The average molecular weight is 442 g/mol. The Morgan fingerprint density at radius 1 is 1.12 bits per heavy atom. The average Bonchev–Trinajstić information content (AvgIpc) is 2.84. The zero-order valence-electron chi connectivity index (χ0n) is 18.5. The van der Waals surface area contributed by atoms with Crippen LogP contribution < -0.4 is 11.1 Å². The first kappa shape index (κ1) is 23.6. The van der Waals surface area contributed by atoms with Gasteiger partial charge in [0.1, 0.15) is 6.61 Å². The van der Waals surface area contributed by atoms with Crippen LogP contribution in [0.5, 0.6) is 0 Å². The molecule has 6 nitrogen and oxygen atoms in total. The fourth-order valence-electron chi connectivity index (χ4n) is 3.18. The summed E-state index contributed by atoms with van der Waals surface area (Å²) in [4.78, 5) is 29.1. The SMILES string of the molecule is C=C(/C=C\C(=C/C)COC(=O)c1ccccc1)C(CN)C(=O)Nc1ccc2cnccc2c1. The van der Waals surface area contributed by atoms with E-state index >= 15 is 0 Å². The van der Waals surface area contributed by atoms with E-state index in [2.05, 4.69) is 16.9 Å². The molecule has 6 heteroatoms. The van der Waals surface area contributed by atoms with E-state index in [1.54, 1.807) is 48.8 Å². The van der Waals surface area contributed by atoms with Crippen molar-refractivity contribution in [3.8, 4) is 0 Å². The van der Waals surface area contributed by atoms with Crippen molar-refractivity contribution >= 4 is 28.3 Å². The third-order valence-electron chi connectivity index (χ3n) is 5.17. The molecule has 3 aromatic rings. The van der Waals surface area contributed by atoms with Crippen molar-refractivity contribution in [2.24, 2.45) is 11.7 Å². The van der Waals surface area contributed by atoms with Crippen LogP contribution in [-0.4, -0.2) is 30.0 Å². The molecule has 0 aliphatic carbocycles. The van der Waals surface area contributed by atoms with E-state index in [-0.39, 0.29) is 19.1 Å². The topological polar surface area (TPSA) is 94.3 Å². The van der Waals surface area contributed by atoms with Crippen molar-refractivity contribution in [2.75, 3.05) is 18.5 Å². The van der Waals surface area contributed by atoms with Gasteiger partial charge in [-0.1, -0.05) is 49.1 Å². The lowest BCUT2D eigenvalue weighted by molar-refractivity contribution is -0.118. The Labute approximate surface area is 193 Å². The Morgan fingerprint density at radius 3 is 2.64 bits per heavy atom. The summed E-state index contributed by atoms with van der Waals surface area (Å²) < 4.78 is 5.37. The monoisotopic (exact) mass is 441 g/mol. The van der Waals surface area contributed by atoms with Crippen LogP contribution in [0.3, 0.4) is 0 Å². The van der Waals surface area contributed by atoms with Crippen LogP contribution in [0.2, 0.25) is 0 Å². The van der Waals surface area contributed by atoms with Gasteiger partial charge < -0.3 is 15.8 Å². The Kier molecular flexibility index (Phi) is 8.27.